The minimum atomic E-state index is -1.53. The van der Waals surface area contributed by atoms with Crippen LogP contribution in [-0.4, -0.2) is 21.2 Å². The van der Waals surface area contributed by atoms with Gasteiger partial charge in [0.25, 0.3) is 0 Å². The van der Waals surface area contributed by atoms with Crippen LogP contribution in [0.4, 0.5) is 0 Å². The number of carboxylic acids is 1. The van der Waals surface area contributed by atoms with Gasteiger partial charge in [-0.3, -0.25) is 9.78 Å². The maximum Gasteiger partial charge on any atom is 0.306 e. The van der Waals surface area contributed by atoms with Gasteiger partial charge >= 0.3 is 5.97 Å². The zero-order valence-corrected chi connectivity index (χ0v) is 9.65. The number of hydrogen-bond acceptors (Lipinski definition) is 3. The van der Waals surface area contributed by atoms with Gasteiger partial charge in [-0.2, -0.15) is 0 Å². The Bertz CT molecular complexity index is 486. The number of carboxylic acid groups (broad SMARTS) is 1. The molecule has 4 nitrogen and oxygen atoms in total. The fraction of sp³-hybridized carbons (Fsp3) is 0.143. The molecule has 0 amide bonds. The van der Waals surface area contributed by atoms with Crippen molar-refractivity contribution in [3.05, 3.63) is 66.0 Å². The molecule has 1 heterocycles. The van der Waals surface area contributed by atoms with Gasteiger partial charge in [0, 0.05) is 12.4 Å². The number of aromatic nitrogens is 1. The van der Waals surface area contributed by atoms with Crippen molar-refractivity contribution in [2.75, 3.05) is 0 Å². The van der Waals surface area contributed by atoms with Crippen LogP contribution < -0.4 is 0 Å². The van der Waals surface area contributed by atoms with Crippen LogP contribution in [0.2, 0.25) is 0 Å². The molecule has 0 saturated carbocycles. The lowest BCUT2D eigenvalue weighted by molar-refractivity contribution is -0.141. The summed E-state index contributed by atoms with van der Waals surface area (Å²) in [5.74, 6) is -1.06. The minimum Gasteiger partial charge on any atom is -0.481 e. The van der Waals surface area contributed by atoms with Crippen molar-refractivity contribution in [1.29, 1.82) is 0 Å². The van der Waals surface area contributed by atoms with Gasteiger partial charge in [0.1, 0.15) is 5.60 Å². The highest BCUT2D eigenvalue weighted by atomic mass is 16.4. The molecule has 0 saturated heterocycles. The molecule has 0 radical (unpaired) electrons. The zero-order valence-electron chi connectivity index (χ0n) is 9.65. The summed E-state index contributed by atoms with van der Waals surface area (Å²) < 4.78 is 0. The number of aliphatic carboxylic acids is 1. The van der Waals surface area contributed by atoms with E-state index in [1.54, 1.807) is 36.4 Å². The molecule has 0 aliphatic rings. The summed E-state index contributed by atoms with van der Waals surface area (Å²) in [5.41, 5.74) is -0.458. The van der Waals surface area contributed by atoms with Gasteiger partial charge in [0.2, 0.25) is 0 Å². The van der Waals surface area contributed by atoms with Crippen LogP contribution in [0.15, 0.2) is 54.9 Å². The second-order valence-electron chi connectivity index (χ2n) is 4.03. The van der Waals surface area contributed by atoms with E-state index in [1.165, 1.54) is 12.4 Å². The number of pyridine rings is 1. The van der Waals surface area contributed by atoms with Crippen molar-refractivity contribution in [2.24, 2.45) is 0 Å². The molecule has 92 valence electrons. The molecule has 0 aliphatic carbocycles. The lowest BCUT2D eigenvalue weighted by Gasteiger charge is -2.27. The lowest BCUT2D eigenvalue weighted by Crippen LogP contribution is -2.30. The molecule has 4 heteroatoms. The van der Waals surface area contributed by atoms with Crippen LogP contribution in [0.3, 0.4) is 0 Å². The molecule has 1 aromatic heterocycles. The van der Waals surface area contributed by atoms with E-state index in [2.05, 4.69) is 4.98 Å². The van der Waals surface area contributed by atoms with Gasteiger partial charge in [-0.1, -0.05) is 30.3 Å². The van der Waals surface area contributed by atoms with E-state index in [4.69, 9.17) is 5.11 Å². The van der Waals surface area contributed by atoms with Crippen molar-refractivity contribution in [3.63, 3.8) is 0 Å². The van der Waals surface area contributed by atoms with Crippen molar-refractivity contribution < 1.29 is 15.0 Å². The molecule has 0 fully saturated rings. The standard InChI is InChI=1S/C14H13NO3/c16-13(17)10-14(18,11-4-2-1-3-5-11)12-6-8-15-9-7-12/h1-9,18H,10H2,(H,16,17)/t14-/m0/s1. The van der Waals surface area contributed by atoms with Crippen LogP contribution in [0.1, 0.15) is 17.5 Å². The Morgan fingerprint density at radius 2 is 1.61 bits per heavy atom. The SMILES string of the molecule is O=C(O)C[C@](O)(c1ccccc1)c1ccncc1. The third kappa shape index (κ3) is 2.38. The third-order valence-electron chi connectivity index (χ3n) is 2.82. The Morgan fingerprint density at radius 3 is 2.17 bits per heavy atom. The second kappa shape index (κ2) is 4.98. The molecule has 1 aromatic carbocycles. The van der Waals surface area contributed by atoms with Crippen LogP contribution in [0.5, 0.6) is 0 Å². The Kier molecular flexibility index (Phi) is 3.39. The Balaban J connectivity index is 2.51. The Hall–Kier alpha value is -2.20. The fourth-order valence-electron chi connectivity index (χ4n) is 1.93. The van der Waals surface area contributed by atoms with Crippen molar-refractivity contribution in [2.45, 2.75) is 12.0 Å². The summed E-state index contributed by atoms with van der Waals surface area (Å²) >= 11 is 0. The summed E-state index contributed by atoms with van der Waals surface area (Å²) in [6, 6.07) is 12.0. The van der Waals surface area contributed by atoms with E-state index < -0.39 is 11.6 Å². The van der Waals surface area contributed by atoms with Gasteiger partial charge in [-0.15, -0.1) is 0 Å². The van der Waals surface area contributed by atoms with Crippen LogP contribution in [-0.2, 0) is 10.4 Å². The monoisotopic (exact) mass is 243 g/mol. The zero-order chi connectivity index (χ0) is 13.0. The molecule has 2 N–H and O–H groups in total. The van der Waals surface area contributed by atoms with Crippen molar-refractivity contribution in [3.8, 4) is 0 Å². The fourth-order valence-corrected chi connectivity index (χ4v) is 1.93. The molecule has 18 heavy (non-hydrogen) atoms. The molecule has 2 rings (SSSR count). The van der Waals surface area contributed by atoms with Gasteiger partial charge < -0.3 is 10.2 Å². The first-order valence-electron chi connectivity index (χ1n) is 5.53. The molecule has 0 bridgehead atoms. The van der Waals surface area contributed by atoms with Gasteiger partial charge in [-0.05, 0) is 23.3 Å². The average molecular weight is 243 g/mol. The summed E-state index contributed by atoms with van der Waals surface area (Å²) in [7, 11) is 0. The number of benzene rings is 1. The molecule has 0 aliphatic heterocycles. The minimum absolute atomic E-state index is 0.388. The predicted octanol–water partition coefficient (Wildman–Crippen LogP) is 1.79. The second-order valence-corrected chi connectivity index (χ2v) is 4.03. The largest absolute Gasteiger partial charge is 0.481 e. The molecule has 1 atom stereocenters. The van der Waals surface area contributed by atoms with E-state index in [0.29, 0.717) is 11.1 Å². The highest BCUT2D eigenvalue weighted by Crippen LogP contribution is 2.32. The van der Waals surface area contributed by atoms with Crippen molar-refractivity contribution in [1.82, 2.24) is 4.98 Å². The first kappa shape index (κ1) is 12.3. The number of rotatable bonds is 4. The highest BCUT2D eigenvalue weighted by molar-refractivity contribution is 5.69. The number of carbonyl (C=O) groups is 1. The number of hydrogen-bond donors (Lipinski definition) is 2. The van der Waals surface area contributed by atoms with Crippen LogP contribution >= 0.6 is 0 Å². The topological polar surface area (TPSA) is 70.4 Å². The van der Waals surface area contributed by atoms with E-state index in [-0.39, 0.29) is 6.42 Å². The smallest absolute Gasteiger partial charge is 0.306 e. The average Bonchev–Trinajstić information content (AvgIpc) is 2.40. The molecule has 0 spiro atoms. The summed E-state index contributed by atoms with van der Waals surface area (Å²) in [6.07, 6.45) is 2.68. The molecular formula is C14H13NO3. The first-order valence-corrected chi connectivity index (χ1v) is 5.53. The predicted molar refractivity (Wildman–Crippen MR) is 65.9 cm³/mol. The van der Waals surface area contributed by atoms with E-state index in [9.17, 15) is 9.90 Å². The summed E-state index contributed by atoms with van der Waals surface area (Å²) in [5, 5.41) is 19.7. The van der Waals surface area contributed by atoms with Crippen LogP contribution in [0, 0.1) is 0 Å². The Morgan fingerprint density at radius 1 is 1.06 bits per heavy atom. The number of nitrogens with zero attached hydrogens (tertiary/aromatic N) is 1. The quantitative estimate of drug-likeness (QED) is 0.858. The van der Waals surface area contributed by atoms with Gasteiger partial charge in [0.05, 0.1) is 6.42 Å². The highest BCUT2D eigenvalue weighted by Gasteiger charge is 2.34. The maximum atomic E-state index is 11.0. The van der Waals surface area contributed by atoms with E-state index in [0.717, 1.165) is 0 Å². The first-order chi connectivity index (χ1) is 8.63. The Labute approximate surface area is 105 Å². The molecule has 0 unspecified atom stereocenters. The molecule has 2 aromatic rings. The third-order valence-corrected chi connectivity index (χ3v) is 2.82. The number of aliphatic hydroxyl groups is 1. The van der Waals surface area contributed by atoms with Crippen molar-refractivity contribution >= 4 is 5.97 Å². The summed E-state index contributed by atoms with van der Waals surface area (Å²) in [4.78, 5) is 14.9. The normalized spacial score (nSPS) is 13.8. The van der Waals surface area contributed by atoms with E-state index in [1.807, 2.05) is 6.07 Å². The van der Waals surface area contributed by atoms with Crippen LogP contribution in [0.25, 0.3) is 0 Å². The molecular weight excluding hydrogens is 230 g/mol. The van der Waals surface area contributed by atoms with Gasteiger partial charge in [0.15, 0.2) is 0 Å². The maximum absolute atomic E-state index is 11.0. The summed E-state index contributed by atoms with van der Waals surface area (Å²) in [6.45, 7) is 0. The van der Waals surface area contributed by atoms with E-state index >= 15 is 0 Å². The van der Waals surface area contributed by atoms with Gasteiger partial charge in [-0.25, -0.2) is 0 Å². The lowest BCUT2D eigenvalue weighted by atomic mass is 9.84.